The van der Waals surface area contributed by atoms with E-state index in [9.17, 15) is 9.59 Å². The Balaban J connectivity index is 1.16. The summed E-state index contributed by atoms with van der Waals surface area (Å²) in [5.74, 6) is -0.226. The zero-order valence-corrected chi connectivity index (χ0v) is 27.0. The van der Waals surface area contributed by atoms with Gasteiger partial charge < -0.3 is 18.5 Å². The Morgan fingerprint density at radius 1 is 0.543 bits per heavy atom. The number of carbonyl (C=O) groups excluding carboxylic acids is 2. The van der Waals surface area contributed by atoms with Crippen LogP contribution in [0.15, 0.2) is 94.0 Å². The van der Waals surface area contributed by atoms with E-state index >= 15 is 0 Å². The van der Waals surface area contributed by atoms with Crippen molar-refractivity contribution in [3.05, 3.63) is 128 Å². The molecule has 0 saturated heterocycles. The number of aryl methyl sites for hydroxylation is 2. The molecule has 0 amide bonds. The van der Waals surface area contributed by atoms with Gasteiger partial charge in [0.25, 0.3) is 0 Å². The van der Waals surface area contributed by atoms with E-state index in [0.29, 0.717) is 42.7 Å². The van der Waals surface area contributed by atoms with Crippen molar-refractivity contribution in [2.75, 3.05) is 0 Å². The van der Waals surface area contributed by atoms with Crippen molar-refractivity contribution in [3.8, 4) is 45.1 Å². The van der Waals surface area contributed by atoms with Crippen molar-refractivity contribution in [2.24, 2.45) is 0 Å². The second-order valence-corrected chi connectivity index (χ2v) is 11.6. The van der Waals surface area contributed by atoms with Crippen molar-refractivity contribution in [2.45, 2.75) is 13.8 Å². The fraction of sp³-hybridized carbons (Fsp3) is 0.0588. The zero-order valence-electron chi connectivity index (χ0n) is 23.9. The maximum Gasteiger partial charge on any atom is 0.349 e. The Labute approximate surface area is 282 Å². The van der Waals surface area contributed by atoms with E-state index < -0.39 is 11.9 Å². The average molecular weight is 694 g/mol. The summed E-state index contributed by atoms with van der Waals surface area (Å²) in [6.07, 6.45) is 0. The zero-order chi connectivity index (χ0) is 32.5. The molecule has 0 aliphatic rings. The molecule has 2 aromatic heterocycles. The van der Waals surface area contributed by atoms with Crippen LogP contribution in [0.5, 0.6) is 11.5 Å². The number of hydrogen-bond donors (Lipinski definition) is 0. The average Bonchev–Trinajstić information content (AvgIpc) is 3.60. The molecule has 8 nitrogen and oxygen atoms in total. The second-order valence-electron chi connectivity index (χ2n) is 9.95. The lowest BCUT2D eigenvalue weighted by atomic mass is 10.0. The van der Waals surface area contributed by atoms with Crippen molar-refractivity contribution < 1.29 is 28.1 Å². The predicted molar refractivity (Wildman–Crippen MR) is 175 cm³/mol. The highest BCUT2D eigenvalue weighted by Crippen LogP contribution is 2.39. The largest absolute Gasteiger partial charge is 0.423 e. The summed E-state index contributed by atoms with van der Waals surface area (Å²) in [6, 6.07) is 23.7. The van der Waals surface area contributed by atoms with E-state index in [4.69, 9.17) is 64.9 Å². The first-order valence-corrected chi connectivity index (χ1v) is 15.1. The highest BCUT2D eigenvalue weighted by Gasteiger charge is 2.28. The van der Waals surface area contributed by atoms with Crippen LogP contribution < -0.4 is 9.47 Å². The van der Waals surface area contributed by atoms with E-state index in [2.05, 4.69) is 10.3 Å². The van der Waals surface area contributed by atoms with Gasteiger partial charge in [-0.25, -0.2) is 9.59 Å². The normalized spacial score (nSPS) is 11.0. The van der Waals surface area contributed by atoms with Gasteiger partial charge >= 0.3 is 11.9 Å². The minimum atomic E-state index is -0.674. The number of carbonyl (C=O) groups is 2. The summed E-state index contributed by atoms with van der Waals surface area (Å²) in [6.45, 7) is 3.20. The lowest BCUT2D eigenvalue weighted by Gasteiger charge is -2.09. The molecule has 0 aliphatic carbocycles. The van der Waals surface area contributed by atoms with Crippen LogP contribution in [-0.2, 0) is 0 Å². The van der Waals surface area contributed by atoms with Crippen LogP contribution in [0.3, 0.4) is 0 Å². The number of nitrogens with zero attached hydrogens (tertiary/aromatic N) is 2. The number of benzene rings is 4. The Kier molecular flexibility index (Phi) is 8.88. The van der Waals surface area contributed by atoms with Gasteiger partial charge in [0.1, 0.15) is 45.5 Å². The molecule has 6 rings (SSSR count). The van der Waals surface area contributed by atoms with Crippen LogP contribution >= 0.6 is 46.4 Å². The van der Waals surface area contributed by atoms with Gasteiger partial charge in [-0.1, -0.05) is 93.1 Å². The van der Waals surface area contributed by atoms with E-state index in [1.54, 1.807) is 98.8 Å². The molecule has 0 atom stereocenters. The van der Waals surface area contributed by atoms with Gasteiger partial charge in [-0.15, -0.1) is 0 Å². The third-order valence-electron chi connectivity index (χ3n) is 7.00. The van der Waals surface area contributed by atoms with Gasteiger partial charge in [0.05, 0.1) is 20.1 Å². The number of ether oxygens (including phenoxy) is 2. The van der Waals surface area contributed by atoms with E-state index in [-0.39, 0.29) is 34.0 Å². The van der Waals surface area contributed by atoms with Gasteiger partial charge in [-0.3, -0.25) is 0 Å². The van der Waals surface area contributed by atoms with Crippen LogP contribution in [0.25, 0.3) is 33.6 Å². The maximum absolute atomic E-state index is 13.2. The molecule has 0 spiro atoms. The highest BCUT2D eigenvalue weighted by molar-refractivity contribution is 6.40. The molecular formula is C34H20Cl4N2O6. The molecule has 0 fully saturated rings. The lowest BCUT2D eigenvalue weighted by Crippen LogP contribution is -2.10. The summed E-state index contributed by atoms with van der Waals surface area (Å²) in [5.41, 5.74) is 3.03. The predicted octanol–water partition coefficient (Wildman–Crippen LogP) is 10.3. The topological polar surface area (TPSA) is 105 Å². The van der Waals surface area contributed by atoms with Crippen LogP contribution in [-0.4, -0.2) is 22.3 Å². The molecular weight excluding hydrogens is 674 g/mol. The van der Waals surface area contributed by atoms with Crippen LogP contribution in [0.1, 0.15) is 32.2 Å². The minimum absolute atomic E-state index is 0.118. The van der Waals surface area contributed by atoms with E-state index in [1.165, 1.54) is 0 Å². The van der Waals surface area contributed by atoms with Crippen molar-refractivity contribution in [3.63, 3.8) is 0 Å². The summed E-state index contributed by atoms with van der Waals surface area (Å²) in [7, 11) is 0. The van der Waals surface area contributed by atoms with Gasteiger partial charge in [-0.2, -0.15) is 0 Å². The minimum Gasteiger partial charge on any atom is -0.423 e. The Hall–Kier alpha value is -4.60. The molecule has 0 aliphatic heterocycles. The number of esters is 2. The fourth-order valence-corrected chi connectivity index (χ4v) is 5.91. The second kappa shape index (κ2) is 13.0. The first-order chi connectivity index (χ1) is 22.1. The maximum atomic E-state index is 13.2. The lowest BCUT2D eigenvalue weighted by molar-refractivity contribution is 0.0723. The van der Waals surface area contributed by atoms with E-state index in [1.807, 2.05) is 0 Å². The number of aromatic nitrogens is 2. The fourth-order valence-electron chi connectivity index (χ4n) is 4.76. The molecule has 0 radical (unpaired) electrons. The van der Waals surface area contributed by atoms with Crippen LogP contribution in [0, 0.1) is 13.8 Å². The van der Waals surface area contributed by atoms with Gasteiger partial charge in [-0.05, 0) is 73.5 Å². The molecule has 12 heteroatoms. The molecule has 46 heavy (non-hydrogen) atoms. The SMILES string of the molecule is Cc1onc(-c2c(Cl)cccc2Cl)c1C(=O)Oc1ccc(-c2ccc(OC(=O)c3c(-c4c(Cl)cccc4Cl)noc3C)cc2)cc1. The first kappa shape index (κ1) is 31.4. The number of halogens is 4. The Morgan fingerprint density at radius 2 is 0.870 bits per heavy atom. The quantitative estimate of drug-likeness (QED) is 0.120. The Bertz CT molecular complexity index is 1910. The number of hydrogen-bond acceptors (Lipinski definition) is 8. The summed E-state index contributed by atoms with van der Waals surface area (Å²) < 4.78 is 21.8. The summed E-state index contributed by atoms with van der Waals surface area (Å²) in [4.78, 5) is 26.3. The molecule has 230 valence electrons. The van der Waals surface area contributed by atoms with Crippen molar-refractivity contribution in [1.82, 2.24) is 10.3 Å². The highest BCUT2D eigenvalue weighted by atomic mass is 35.5. The molecule has 6 aromatic rings. The van der Waals surface area contributed by atoms with Crippen molar-refractivity contribution in [1.29, 1.82) is 0 Å². The first-order valence-electron chi connectivity index (χ1n) is 13.6. The third kappa shape index (κ3) is 6.12. The third-order valence-corrected chi connectivity index (χ3v) is 8.26. The smallest absolute Gasteiger partial charge is 0.349 e. The van der Waals surface area contributed by atoms with Crippen molar-refractivity contribution >= 4 is 58.3 Å². The van der Waals surface area contributed by atoms with Gasteiger partial charge in [0.15, 0.2) is 0 Å². The molecule has 2 heterocycles. The van der Waals surface area contributed by atoms with Crippen LogP contribution in [0.2, 0.25) is 20.1 Å². The van der Waals surface area contributed by atoms with Gasteiger partial charge in [0, 0.05) is 11.1 Å². The molecule has 4 aromatic carbocycles. The summed E-state index contributed by atoms with van der Waals surface area (Å²) >= 11 is 25.3. The molecule has 0 bridgehead atoms. The molecule has 0 saturated carbocycles. The van der Waals surface area contributed by atoms with E-state index in [0.717, 1.165) is 11.1 Å². The molecule has 0 N–H and O–H groups in total. The monoisotopic (exact) mass is 692 g/mol. The molecule has 0 unspecified atom stereocenters. The Morgan fingerprint density at radius 3 is 1.20 bits per heavy atom. The van der Waals surface area contributed by atoms with Gasteiger partial charge in [0.2, 0.25) is 0 Å². The standard InChI is InChI=1S/C34H20Cl4N2O6/c1-17-27(31(39-45-17)29-23(35)5-3-6-24(29)36)33(41)43-21-13-9-19(10-14-21)20-11-15-22(16-12-20)44-34(42)28-18(2)46-40-32(28)30-25(37)7-4-8-26(30)38/h3-16H,1-2H3. The number of rotatable bonds is 7. The summed E-state index contributed by atoms with van der Waals surface area (Å²) in [5, 5.41) is 9.28. The van der Waals surface area contributed by atoms with Crippen LogP contribution in [0.4, 0.5) is 0 Å².